The number of amides is 1. The number of nitrogens with zero attached hydrogens (tertiary/aromatic N) is 3. The highest BCUT2D eigenvalue weighted by Crippen LogP contribution is 2.37. The summed E-state index contributed by atoms with van der Waals surface area (Å²) in [5.41, 5.74) is 1.64. The van der Waals surface area contributed by atoms with Crippen LogP contribution < -0.4 is 9.47 Å². The van der Waals surface area contributed by atoms with Gasteiger partial charge in [-0.2, -0.15) is 0 Å². The third kappa shape index (κ3) is 2.87. The number of benzene rings is 1. The van der Waals surface area contributed by atoms with Gasteiger partial charge >= 0.3 is 0 Å². The maximum Gasteiger partial charge on any atom is 0.276 e. The summed E-state index contributed by atoms with van der Waals surface area (Å²) >= 11 is 0. The summed E-state index contributed by atoms with van der Waals surface area (Å²) in [5, 5.41) is 3.95. The number of rotatable bonds is 3. The Balaban J connectivity index is 1.39. The topological polar surface area (TPSA) is 77.7 Å². The van der Waals surface area contributed by atoms with Gasteiger partial charge in [0.15, 0.2) is 23.0 Å². The standard InChI is InChI=1S/C20H16FN3O4/c21-13-4-5-14(22-10-13)16-2-1-7-24(16)20(25)15-9-18(28-23-15)12-3-6-17-19(8-12)27-11-26-17/h3-6,8-10,16H,1-2,7,11H2. The van der Waals surface area contributed by atoms with E-state index in [-0.39, 0.29) is 24.4 Å². The van der Waals surface area contributed by atoms with Crippen molar-refractivity contribution < 1.29 is 23.2 Å². The number of hydrogen-bond donors (Lipinski definition) is 0. The van der Waals surface area contributed by atoms with E-state index < -0.39 is 5.82 Å². The van der Waals surface area contributed by atoms with Crippen LogP contribution in [0.25, 0.3) is 11.3 Å². The highest BCUT2D eigenvalue weighted by Gasteiger charge is 2.33. The summed E-state index contributed by atoms with van der Waals surface area (Å²) in [4.78, 5) is 18.8. The first-order valence-corrected chi connectivity index (χ1v) is 8.98. The van der Waals surface area contributed by atoms with Crippen molar-refractivity contribution in [3.05, 3.63) is 59.8 Å². The van der Waals surface area contributed by atoms with Crippen LogP contribution in [0.3, 0.4) is 0 Å². The van der Waals surface area contributed by atoms with Gasteiger partial charge in [-0.1, -0.05) is 5.16 Å². The molecule has 142 valence electrons. The molecule has 0 aliphatic carbocycles. The van der Waals surface area contributed by atoms with E-state index >= 15 is 0 Å². The average Bonchev–Trinajstić information content (AvgIpc) is 3.47. The number of fused-ring (bicyclic) bond motifs is 1. The lowest BCUT2D eigenvalue weighted by Crippen LogP contribution is -2.31. The Morgan fingerprint density at radius 1 is 1.14 bits per heavy atom. The Morgan fingerprint density at radius 2 is 2.04 bits per heavy atom. The third-order valence-electron chi connectivity index (χ3n) is 4.99. The largest absolute Gasteiger partial charge is 0.454 e. The molecule has 7 nitrogen and oxygen atoms in total. The fourth-order valence-electron chi connectivity index (χ4n) is 3.61. The van der Waals surface area contributed by atoms with E-state index in [9.17, 15) is 9.18 Å². The van der Waals surface area contributed by atoms with Crippen LogP contribution in [0.15, 0.2) is 47.1 Å². The van der Waals surface area contributed by atoms with Gasteiger partial charge in [-0.15, -0.1) is 0 Å². The smallest absolute Gasteiger partial charge is 0.276 e. The van der Waals surface area contributed by atoms with Crippen LogP contribution in [-0.2, 0) is 0 Å². The van der Waals surface area contributed by atoms with Crippen molar-refractivity contribution in [1.29, 1.82) is 0 Å². The minimum absolute atomic E-state index is 0.187. The van der Waals surface area contributed by atoms with Crippen LogP contribution in [0.1, 0.15) is 35.1 Å². The zero-order valence-corrected chi connectivity index (χ0v) is 14.8. The van der Waals surface area contributed by atoms with E-state index in [2.05, 4.69) is 10.1 Å². The molecule has 2 aliphatic heterocycles. The molecule has 4 heterocycles. The van der Waals surface area contributed by atoms with Crippen LogP contribution in [-0.4, -0.2) is 34.3 Å². The summed E-state index contributed by atoms with van der Waals surface area (Å²) < 4.78 is 29.2. The first kappa shape index (κ1) is 16.7. The summed E-state index contributed by atoms with van der Waals surface area (Å²) in [6.07, 6.45) is 2.80. The van der Waals surface area contributed by atoms with E-state index in [1.165, 1.54) is 12.3 Å². The Bertz CT molecular complexity index is 1030. The minimum Gasteiger partial charge on any atom is -0.454 e. The van der Waals surface area contributed by atoms with Crippen LogP contribution in [0.4, 0.5) is 4.39 Å². The molecular formula is C20H16FN3O4. The van der Waals surface area contributed by atoms with Crippen molar-refractivity contribution in [2.45, 2.75) is 18.9 Å². The second kappa shape index (κ2) is 6.63. The Kier molecular flexibility index (Phi) is 3.96. The Hall–Kier alpha value is -3.42. The molecule has 1 aromatic carbocycles. The summed E-state index contributed by atoms with van der Waals surface area (Å²) in [6, 6.07) is 9.80. The summed E-state index contributed by atoms with van der Waals surface area (Å²) in [7, 11) is 0. The fourth-order valence-corrected chi connectivity index (χ4v) is 3.61. The normalized spacial score (nSPS) is 17.9. The number of halogens is 1. The number of carbonyl (C=O) groups excluding carboxylic acids is 1. The van der Waals surface area contributed by atoms with Gasteiger partial charge in [0.25, 0.3) is 5.91 Å². The lowest BCUT2D eigenvalue weighted by molar-refractivity contribution is 0.0722. The molecule has 0 N–H and O–H groups in total. The van der Waals surface area contributed by atoms with Crippen molar-refractivity contribution in [3.63, 3.8) is 0 Å². The molecule has 28 heavy (non-hydrogen) atoms. The highest BCUT2D eigenvalue weighted by atomic mass is 19.1. The summed E-state index contributed by atoms with van der Waals surface area (Å²) in [6.45, 7) is 0.779. The molecule has 0 bridgehead atoms. The van der Waals surface area contributed by atoms with Crippen molar-refractivity contribution in [3.8, 4) is 22.8 Å². The quantitative estimate of drug-likeness (QED) is 0.690. The van der Waals surface area contributed by atoms with E-state index in [1.807, 2.05) is 6.07 Å². The van der Waals surface area contributed by atoms with Crippen LogP contribution in [0.5, 0.6) is 11.5 Å². The van der Waals surface area contributed by atoms with Crippen LogP contribution in [0.2, 0.25) is 0 Å². The van der Waals surface area contributed by atoms with Crippen molar-refractivity contribution in [1.82, 2.24) is 15.0 Å². The van der Waals surface area contributed by atoms with Gasteiger partial charge in [-0.25, -0.2) is 4.39 Å². The van der Waals surface area contributed by atoms with Gasteiger partial charge < -0.3 is 18.9 Å². The summed E-state index contributed by atoms with van der Waals surface area (Å²) in [5.74, 6) is 1.14. The second-order valence-corrected chi connectivity index (χ2v) is 6.70. The molecule has 1 atom stereocenters. The number of ether oxygens (including phenoxy) is 2. The lowest BCUT2D eigenvalue weighted by Gasteiger charge is -2.23. The molecular weight excluding hydrogens is 365 g/mol. The molecule has 8 heteroatoms. The number of pyridine rings is 1. The first-order valence-electron chi connectivity index (χ1n) is 8.98. The molecule has 0 saturated carbocycles. The molecule has 1 unspecified atom stereocenters. The van der Waals surface area contributed by atoms with Crippen molar-refractivity contribution in [2.24, 2.45) is 0 Å². The fraction of sp³-hybridized carbons (Fsp3) is 0.250. The van der Waals surface area contributed by atoms with E-state index in [1.54, 1.807) is 29.2 Å². The molecule has 0 spiro atoms. The van der Waals surface area contributed by atoms with Crippen molar-refractivity contribution in [2.75, 3.05) is 13.3 Å². The van der Waals surface area contributed by atoms with Gasteiger partial charge in [0.1, 0.15) is 5.82 Å². The van der Waals surface area contributed by atoms with Gasteiger partial charge in [-0.05, 0) is 43.2 Å². The SMILES string of the molecule is O=C(c1cc(-c2ccc3c(c2)OCO3)on1)N1CCCC1c1ccc(F)cn1. The van der Waals surface area contributed by atoms with Crippen LogP contribution in [0, 0.1) is 5.82 Å². The Labute approximate surface area is 159 Å². The molecule has 5 rings (SSSR count). The number of aromatic nitrogens is 2. The maximum atomic E-state index is 13.2. The molecule has 0 radical (unpaired) electrons. The lowest BCUT2D eigenvalue weighted by atomic mass is 10.1. The predicted molar refractivity (Wildman–Crippen MR) is 95.3 cm³/mol. The van der Waals surface area contributed by atoms with Gasteiger partial charge in [0.05, 0.1) is 17.9 Å². The predicted octanol–water partition coefficient (Wildman–Crippen LogP) is 3.58. The van der Waals surface area contributed by atoms with Gasteiger partial charge in [0, 0.05) is 18.2 Å². The maximum absolute atomic E-state index is 13.2. The van der Waals surface area contributed by atoms with Gasteiger partial charge in [0.2, 0.25) is 6.79 Å². The Morgan fingerprint density at radius 3 is 2.89 bits per heavy atom. The molecule has 1 amide bonds. The highest BCUT2D eigenvalue weighted by molar-refractivity contribution is 5.93. The molecule has 2 aromatic heterocycles. The first-order chi connectivity index (χ1) is 13.7. The number of carbonyl (C=O) groups is 1. The van der Waals surface area contributed by atoms with E-state index in [0.29, 0.717) is 29.5 Å². The van der Waals surface area contributed by atoms with E-state index in [0.717, 1.165) is 18.4 Å². The van der Waals surface area contributed by atoms with Gasteiger partial charge in [-0.3, -0.25) is 9.78 Å². The zero-order valence-electron chi connectivity index (χ0n) is 14.8. The van der Waals surface area contributed by atoms with Crippen molar-refractivity contribution >= 4 is 5.91 Å². The minimum atomic E-state index is -0.399. The molecule has 3 aromatic rings. The third-order valence-corrected chi connectivity index (χ3v) is 4.99. The molecule has 2 aliphatic rings. The molecule has 1 saturated heterocycles. The number of hydrogen-bond acceptors (Lipinski definition) is 6. The second-order valence-electron chi connectivity index (χ2n) is 6.70. The van der Waals surface area contributed by atoms with Crippen LogP contribution >= 0.6 is 0 Å². The van der Waals surface area contributed by atoms with E-state index in [4.69, 9.17) is 14.0 Å². The zero-order chi connectivity index (χ0) is 19.1. The molecule has 1 fully saturated rings. The number of likely N-dealkylation sites (tertiary alicyclic amines) is 1. The average molecular weight is 381 g/mol. The monoisotopic (exact) mass is 381 g/mol.